The third kappa shape index (κ3) is 3.59. The van der Waals surface area contributed by atoms with Crippen LogP contribution in [0.1, 0.15) is 27.2 Å². The molecule has 3 aromatic rings. The van der Waals surface area contributed by atoms with Crippen LogP contribution in [0.25, 0.3) is 0 Å². The second-order valence-corrected chi connectivity index (χ2v) is 6.71. The molecule has 0 spiro atoms. The van der Waals surface area contributed by atoms with Gasteiger partial charge >= 0.3 is 0 Å². The van der Waals surface area contributed by atoms with Crippen molar-refractivity contribution in [3.05, 3.63) is 65.1 Å². The molecule has 2 heterocycles. The summed E-state index contributed by atoms with van der Waals surface area (Å²) in [4.78, 5) is 21.0. The molecule has 28 heavy (non-hydrogen) atoms. The van der Waals surface area contributed by atoms with Gasteiger partial charge in [-0.25, -0.2) is 9.97 Å². The fourth-order valence-electron chi connectivity index (χ4n) is 3.23. The number of amides is 1. The van der Waals surface area contributed by atoms with Crippen LogP contribution in [0.2, 0.25) is 0 Å². The van der Waals surface area contributed by atoms with E-state index in [9.17, 15) is 4.79 Å². The zero-order chi connectivity index (χ0) is 19.7. The number of hydrogen-bond donors (Lipinski definition) is 2. The molecule has 2 N–H and O–H groups in total. The molecule has 0 bridgehead atoms. The second kappa shape index (κ2) is 7.19. The molecule has 1 aromatic heterocycles. The molecule has 0 aliphatic carbocycles. The lowest BCUT2D eigenvalue weighted by Gasteiger charge is -2.13. The average Bonchev–Trinajstić information content (AvgIpc) is 3.12. The molecule has 1 aliphatic heterocycles. The molecule has 4 rings (SSSR count). The highest BCUT2D eigenvalue weighted by atomic mass is 16.7. The topological polar surface area (TPSA) is 85.4 Å². The summed E-state index contributed by atoms with van der Waals surface area (Å²) in [5.74, 6) is 1.60. The summed E-state index contributed by atoms with van der Waals surface area (Å²) in [5, 5.41) is 6.11. The summed E-state index contributed by atoms with van der Waals surface area (Å²) < 4.78 is 10.7. The van der Waals surface area contributed by atoms with Crippen LogP contribution in [-0.4, -0.2) is 22.7 Å². The molecular weight excluding hydrogens is 356 g/mol. The Balaban J connectivity index is 1.53. The molecule has 0 saturated carbocycles. The first-order chi connectivity index (χ1) is 13.5. The molecule has 1 aliphatic rings. The van der Waals surface area contributed by atoms with E-state index in [4.69, 9.17) is 9.47 Å². The number of benzene rings is 2. The fourth-order valence-corrected chi connectivity index (χ4v) is 3.23. The number of anilines is 3. The van der Waals surface area contributed by atoms with Gasteiger partial charge in [0.25, 0.3) is 5.91 Å². The Morgan fingerprint density at radius 1 is 0.964 bits per heavy atom. The molecule has 142 valence electrons. The van der Waals surface area contributed by atoms with Crippen LogP contribution in [0.4, 0.5) is 17.2 Å². The maximum Gasteiger partial charge on any atom is 0.274 e. The number of rotatable bonds is 4. The molecule has 1 amide bonds. The van der Waals surface area contributed by atoms with Gasteiger partial charge in [-0.2, -0.15) is 0 Å². The second-order valence-electron chi connectivity index (χ2n) is 6.71. The van der Waals surface area contributed by atoms with E-state index in [-0.39, 0.29) is 18.4 Å². The molecule has 7 nitrogen and oxygen atoms in total. The Kier molecular flexibility index (Phi) is 4.57. The number of nitrogens with zero attached hydrogens (tertiary/aromatic N) is 2. The predicted octanol–water partition coefficient (Wildman–Crippen LogP) is 4.13. The van der Waals surface area contributed by atoms with Crippen molar-refractivity contribution < 1.29 is 14.3 Å². The lowest BCUT2D eigenvalue weighted by molar-refractivity contribution is 0.102. The third-order valence-electron chi connectivity index (χ3n) is 4.46. The summed E-state index contributed by atoms with van der Waals surface area (Å²) in [6, 6.07) is 11.2. The van der Waals surface area contributed by atoms with Gasteiger partial charge in [0.1, 0.15) is 17.8 Å². The molecule has 0 radical (unpaired) electrons. The van der Waals surface area contributed by atoms with E-state index in [1.54, 1.807) is 6.07 Å². The Labute approximate surface area is 162 Å². The Morgan fingerprint density at radius 2 is 1.71 bits per heavy atom. The van der Waals surface area contributed by atoms with Gasteiger partial charge in [0.2, 0.25) is 6.79 Å². The third-order valence-corrected chi connectivity index (χ3v) is 4.46. The number of ether oxygens (including phenoxy) is 2. The minimum absolute atomic E-state index is 0.217. The minimum Gasteiger partial charge on any atom is -0.454 e. The van der Waals surface area contributed by atoms with Gasteiger partial charge in [-0.15, -0.1) is 0 Å². The highest BCUT2D eigenvalue weighted by Gasteiger charge is 2.15. The van der Waals surface area contributed by atoms with Gasteiger partial charge < -0.3 is 20.1 Å². The van der Waals surface area contributed by atoms with Crippen LogP contribution in [0, 0.1) is 20.8 Å². The van der Waals surface area contributed by atoms with Gasteiger partial charge in [0, 0.05) is 23.5 Å². The largest absolute Gasteiger partial charge is 0.454 e. The SMILES string of the molecule is Cc1cc(C)c(NC(=O)c2cc(Nc3ccc4c(c3)OCO4)ncn2)c(C)c1. The standard InChI is InChI=1S/C21H20N4O3/c1-12-6-13(2)20(14(3)7-12)25-21(26)16-9-19(23-10-22-16)24-15-4-5-17-18(8-15)28-11-27-17/h4-10H,11H2,1-3H3,(H,25,26)(H,22,23,24). The van der Waals surface area contributed by atoms with Gasteiger partial charge in [0.15, 0.2) is 11.5 Å². The summed E-state index contributed by atoms with van der Waals surface area (Å²) in [6.45, 7) is 6.20. The highest BCUT2D eigenvalue weighted by molar-refractivity contribution is 6.04. The Hall–Kier alpha value is -3.61. The number of carbonyl (C=O) groups excluding carboxylic acids is 1. The van der Waals surface area contributed by atoms with Crippen molar-refractivity contribution in [2.24, 2.45) is 0 Å². The van der Waals surface area contributed by atoms with Crippen molar-refractivity contribution in [2.75, 3.05) is 17.4 Å². The maximum atomic E-state index is 12.7. The van der Waals surface area contributed by atoms with E-state index in [0.717, 1.165) is 28.1 Å². The smallest absolute Gasteiger partial charge is 0.274 e. The van der Waals surface area contributed by atoms with E-state index in [2.05, 4.69) is 20.6 Å². The molecule has 0 unspecified atom stereocenters. The van der Waals surface area contributed by atoms with Crippen LogP contribution in [0.15, 0.2) is 42.7 Å². The fraction of sp³-hybridized carbons (Fsp3) is 0.190. The van der Waals surface area contributed by atoms with Gasteiger partial charge in [0.05, 0.1) is 0 Å². The number of fused-ring (bicyclic) bond motifs is 1. The van der Waals surface area contributed by atoms with Gasteiger partial charge in [-0.05, 0) is 44.0 Å². The quantitative estimate of drug-likeness (QED) is 0.712. The zero-order valence-electron chi connectivity index (χ0n) is 15.9. The normalized spacial score (nSPS) is 12.0. The van der Waals surface area contributed by atoms with Gasteiger partial charge in [-0.3, -0.25) is 4.79 Å². The summed E-state index contributed by atoms with van der Waals surface area (Å²) in [5.41, 5.74) is 5.04. The average molecular weight is 376 g/mol. The minimum atomic E-state index is -0.286. The lowest BCUT2D eigenvalue weighted by atomic mass is 10.0. The van der Waals surface area contributed by atoms with Crippen molar-refractivity contribution in [1.82, 2.24) is 9.97 Å². The molecule has 0 saturated heterocycles. The van der Waals surface area contributed by atoms with E-state index in [0.29, 0.717) is 17.3 Å². The first-order valence-electron chi connectivity index (χ1n) is 8.87. The summed E-state index contributed by atoms with van der Waals surface area (Å²) in [6.07, 6.45) is 1.36. The zero-order valence-corrected chi connectivity index (χ0v) is 15.9. The molecular formula is C21H20N4O3. The van der Waals surface area contributed by atoms with Crippen LogP contribution in [0.3, 0.4) is 0 Å². The Bertz CT molecular complexity index is 1040. The lowest BCUT2D eigenvalue weighted by Crippen LogP contribution is -2.16. The number of aromatic nitrogens is 2. The summed E-state index contributed by atoms with van der Waals surface area (Å²) >= 11 is 0. The van der Waals surface area contributed by atoms with Crippen LogP contribution in [-0.2, 0) is 0 Å². The van der Waals surface area contributed by atoms with E-state index in [1.807, 2.05) is 51.1 Å². The van der Waals surface area contributed by atoms with Crippen LogP contribution >= 0.6 is 0 Å². The number of aryl methyl sites for hydroxylation is 3. The predicted molar refractivity (Wildman–Crippen MR) is 106 cm³/mol. The van der Waals surface area contributed by atoms with E-state index >= 15 is 0 Å². The maximum absolute atomic E-state index is 12.7. The van der Waals surface area contributed by atoms with Gasteiger partial charge in [-0.1, -0.05) is 17.7 Å². The number of hydrogen-bond acceptors (Lipinski definition) is 6. The van der Waals surface area contributed by atoms with Crippen molar-refractivity contribution >= 4 is 23.1 Å². The number of carbonyl (C=O) groups is 1. The molecule has 7 heteroatoms. The van der Waals surface area contributed by atoms with Crippen molar-refractivity contribution in [3.63, 3.8) is 0 Å². The van der Waals surface area contributed by atoms with E-state index in [1.165, 1.54) is 6.33 Å². The van der Waals surface area contributed by atoms with Crippen LogP contribution < -0.4 is 20.1 Å². The van der Waals surface area contributed by atoms with E-state index < -0.39 is 0 Å². The first kappa shape index (κ1) is 17.8. The van der Waals surface area contributed by atoms with Crippen LogP contribution in [0.5, 0.6) is 11.5 Å². The highest BCUT2D eigenvalue weighted by Crippen LogP contribution is 2.35. The molecule has 2 aromatic carbocycles. The van der Waals surface area contributed by atoms with Crippen molar-refractivity contribution in [1.29, 1.82) is 0 Å². The monoisotopic (exact) mass is 376 g/mol. The first-order valence-corrected chi connectivity index (χ1v) is 8.87. The summed E-state index contributed by atoms with van der Waals surface area (Å²) in [7, 11) is 0. The van der Waals surface area contributed by atoms with Crippen molar-refractivity contribution in [2.45, 2.75) is 20.8 Å². The van der Waals surface area contributed by atoms with Crippen molar-refractivity contribution in [3.8, 4) is 11.5 Å². The Morgan fingerprint density at radius 3 is 2.50 bits per heavy atom. The molecule has 0 fully saturated rings. The number of nitrogens with one attached hydrogen (secondary N) is 2. The molecule has 0 atom stereocenters.